The van der Waals surface area contributed by atoms with Gasteiger partial charge in [-0.25, -0.2) is 4.98 Å². The molecule has 3 heterocycles. The molecule has 0 amide bonds. The molecule has 1 saturated heterocycles. The van der Waals surface area contributed by atoms with Crippen LogP contribution in [0.15, 0.2) is 22.8 Å². The molecule has 0 atom stereocenters. The van der Waals surface area contributed by atoms with Gasteiger partial charge in [0, 0.05) is 19.0 Å². The second kappa shape index (κ2) is 3.47. The highest BCUT2D eigenvalue weighted by molar-refractivity contribution is 9.10. The van der Waals surface area contributed by atoms with Gasteiger partial charge >= 0.3 is 0 Å². The number of nitrogens with zero attached hydrogens (tertiary/aromatic N) is 2. The molecule has 3 nitrogen and oxygen atoms in total. The van der Waals surface area contributed by atoms with Gasteiger partial charge in [-0.15, -0.1) is 0 Å². The Hall–Kier alpha value is -0.580. The van der Waals surface area contributed by atoms with Crippen LogP contribution in [0.5, 0.6) is 0 Å². The molecule has 0 bridgehead atoms. The maximum Gasteiger partial charge on any atom is 0.132 e. The van der Waals surface area contributed by atoms with Crippen molar-refractivity contribution in [3.63, 3.8) is 0 Å². The van der Waals surface area contributed by atoms with E-state index in [4.69, 9.17) is 11.6 Å². The Kier molecular flexibility index (Phi) is 2.23. The molecule has 5 heteroatoms. The van der Waals surface area contributed by atoms with Gasteiger partial charge in [-0.1, -0.05) is 17.7 Å². The quantitative estimate of drug-likeness (QED) is 0.816. The van der Waals surface area contributed by atoms with Crippen molar-refractivity contribution in [2.45, 2.75) is 5.92 Å². The molecule has 1 aliphatic heterocycles. The van der Waals surface area contributed by atoms with Gasteiger partial charge in [0.2, 0.25) is 0 Å². The predicted octanol–water partition coefficient (Wildman–Crippen LogP) is 2.44. The van der Waals surface area contributed by atoms with Crippen LogP contribution in [0, 0.1) is 0 Å². The summed E-state index contributed by atoms with van der Waals surface area (Å²) in [6.45, 7) is 1.97. The fraction of sp³-hybridized carbons (Fsp3) is 0.300. The first-order valence-electron chi connectivity index (χ1n) is 4.80. The van der Waals surface area contributed by atoms with Gasteiger partial charge in [-0.2, -0.15) is 0 Å². The van der Waals surface area contributed by atoms with Gasteiger partial charge in [-0.3, -0.25) is 4.40 Å². The molecule has 0 radical (unpaired) electrons. The lowest BCUT2D eigenvalue weighted by Crippen LogP contribution is -2.40. The summed E-state index contributed by atoms with van der Waals surface area (Å²) in [6.07, 6.45) is 0. The van der Waals surface area contributed by atoms with Crippen molar-refractivity contribution >= 4 is 33.0 Å². The Balaban J connectivity index is 2.29. The lowest BCUT2D eigenvalue weighted by Gasteiger charge is -2.26. The molecular weight excluding hydrogens is 277 g/mol. The summed E-state index contributed by atoms with van der Waals surface area (Å²) >= 11 is 9.64. The zero-order valence-corrected chi connectivity index (χ0v) is 10.2. The van der Waals surface area contributed by atoms with Gasteiger partial charge in [0.15, 0.2) is 0 Å². The van der Waals surface area contributed by atoms with Crippen LogP contribution in [0.1, 0.15) is 11.7 Å². The van der Waals surface area contributed by atoms with Crippen LogP contribution < -0.4 is 5.32 Å². The van der Waals surface area contributed by atoms with E-state index in [-0.39, 0.29) is 0 Å². The molecule has 0 aliphatic carbocycles. The first-order chi connectivity index (χ1) is 7.27. The fourth-order valence-electron chi connectivity index (χ4n) is 1.83. The smallest absolute Gasteiger partial charge is 0.132 e. The standard InChI is InChI=1S/C10H9BrClN3/c11-9-7-2-1-3-8(12)15(7)10(14-9)6-4-13-5-6/h1-3,6,13H,4-5H2. The van der Waals surface area contributed by atoms with E-state index in [1.54, 1.807) is 0 Å². The van der Waals surface area contributed by atoms with E-state index in [9.17, 15) is 0 Å². The van der Waals surface area contributed by atoms with Crippen molar-refractivity contribution in [3.8, 4) is 0 Å². The molecule has 78 valence electrons. The van der Waals surface area contributed by atoms with E-state index >= 15 is 0 Å². The van der Waals surface area contributed by atoms with Crippen LogP contribution >= 0.6 is 27.5 Å². The normalized spacial score (nSPS) is 16.9. The van der Waals surface area contributed by atoms with Crippen LogP contribution in [0.4, 0.5) is 0 Å². The summed E-state index contributed by atoms with van der Waals surface area (Å²) in [7, 11) is 0. The summed E-state index contributed by atoms with van der Waals surface area (Å²) in [5.74, 6) is 1.52. The third kappa shape index (κ3) is 1.40. The minimum Gasteiger partial charge on any atom is -0.315 e. The second-order valence-electron chi connectivity index (χ2n) is 3.69. The monoisotopic (exact) mass is 285 g/mol. The Bertz CT molecular complexity index is 519. The van der Waals surface area contributed by atoms with Crippen molar-refractivity contribution in [1.29, 1.82) is 0 Å². The summed E-state index contributed by atoms with van der Waals surface area (Å²) in [4.78, 5) is 4.53. The largest absolute Gasteiger partial charge is 0.315 e. The number of aromatic nitrogens is 2. The molecule has 2 aromatic heterocycles. The van der Waals surface area contributed by atoms with Crippen molar-refractivity contribution in [1.82, 2.24) is 14.7 Å². The molecule has 15 heavy (non-hydrogen) atoms. The van der Waals surface area contributed by atoms with Gasteiger partial charge in [0.25, 0.3) is 0 Å². The third-order valence-electron chi connectivity index (χ3n) is 2.74. The summed E-state index contributed by atoms with van der Waals surface area (Å²) in [6, 6.07) is 5.84. The molecule has 2 aromatic rings. The van der Waals surface area contributed by atoms with Gasteiger partial charge in [-0.05, 0) is 28.1 Å². The maximum absolute atomic E-state index is 6.18. The van der Waals surface area contributed by atoms with E-state index in [1.165, 1.54) is 0 Å². The van der Waals surface area contributed by atoms with Gasteiger partial charge in [0.05, 0.1) is 5.52 Å². The fourth-order valence-corrected chi connectivity index (χ4v) is 2.57. The molecule has 3 rings (SSSR count). The van der Waals surface area contributed by atoms with Crippen molar-refractivity contribution in [2.75, 3.05) is 13.1 Å². The lowest BCUT2D eigenvalue weighted by atomic mass is 10.0. The molecular formula is C10H9BrClN3. The lowest BCUT2D eigenvalue weighted by molar-refractivity contribution is 0.429. The van der Waals surface area contributed by atoms with Crippen LogP contribution in [0.25, 0.3) is 5.52 Å². The summed E-state index contributed by atoms with van der Waals surface area (Å²) < 4.78 is 2.88. The highest BCUT2D eigenvalue weighted by atomic mass is 79.9. The number of rotatable bonds is 1. The van der Waals surface area contributed by atoms with Gasteiger partial charge < -0.3 is 5.32 Å². The van der Waals surface area contributed by atoms with E-state index in [0.717, 1.165) is 29.0 Å². The second-order valence-corrected chi connectivity index (χ2v) is 4.82. The summed E-state index contributed by atoms with van der Waals surface area (Å²) in [5.41, 5.74) is 1.03. The van der Waals surface area contributed by atoms with Crippen molar-refractivity contribution in [3.05, 3.63) is 33.8 Å². The number of halogens is 2. The first kappa shape index (κ1) is 9.63. The zero-order chi connectivity index (χ0) is 10.4. The van der Waals surface area contributed by atoms with Gasteiger partial charge in [0.1, 0.15) is 15.6 Å². The molecule has 0 spiro atoms. The third-order valence-corrected chi connectivity index (χ3v) is 3.62. The Morgan fingerprint density at radius 1 is 1.47 bits per heavy atom. The summed E-state index contributed by atoms with van der Waals surface area (Å²) in [5, 5.41) is 3.96. The maximum atomic E-state index is 6.18. The minimum atomic E-state index is 0.476. The number of fused-ring (bicyclic) bond motifs is 1. The van der Waals surface area contributed by atoms with Crippen molar-refractivity contribution < 1.29 is 0 Å². The van der Waals surface area contributed by atoms with E-state index < -0.39 is 0 Å². The highest BCUT2D eigenvalue weighted by Gasteiger charge is 2.25. The average molecular weight is 287 g/mol. The van der Waals surface area contributed by atoms with E-state index in [2.05, 4.69) is 26.2 Å². The van der Waals surface area contributed by atoms with Crippen molar-refractivity contribution in [2.24, 2.45) is 0 Å². The van der Waals surface area contributed by atoms with E-state index in [1.807, 2.05) is 22.6 Å². The number of pyridine rings is 1. The Morgan fingerprint density at radius 2 is 2.27 bits per heavy atom. The number of nitrogens with one attached hydrogen (secondary N) is 1. The topological polar surface area (TPSA) is 29.3 Å². The van der Waals surface area contributed by atoms with Crippen LogP contribution in [-0.4, -0.2) is 22.5 Å². The van der Waals surface area contributed by atoms with E-state index in [0.29, 0.717) is 11.1 Å². The molecule has 1 N–H and O–H groups in total. The Morgan fingerprint density at radius 3 is 2.93 bits per heavy atom. The zero-order valence-electron chi connectivity index (χ0n) is 7.87. The molecule has 0 saturated carbocycles. The number of hydrogen-bond acceptors (Lipinski definition) is 2. The van der Waals surface area contributed by atoms with Crippen LogP contribution in [0.3, 0.4) is 0 Å². The number of imidazole rings is 1. The molecule has 1 fully saturated rings. The van der Waals surface area contributed by atoms with Crippen LogP contribution in [0.2, 0.25) is 5.15 Å². The first-order valence-corrected chi connectivity index (χ1v) is 5.97. The average Bonchev–Trinajstić information content (AvgIpc) is 2.43. The SMILES string of the molecule is Clc1cccc2c(Br)nc(C3CNC3)n12. The highest BCUT2D eigenvalue weighted by Crippen LogP contribution is 2.28. The molecule has 0 unspecified atom stereocenters. The minimum absolute atomic E-state index is 0.476. The van der Waals surface area contributed by atoms with Crippen LogP contribution in [-0.2, 0) is 0 Å². The number of hydrogen-bond donors (Lipinski definition) is 1. The molecule has 0 aromatic carbocycles. The predicted molar refractivity (Wildman–Crippen MR) is 63.5 cm³/mol. The Labute approximate surface area is 101 Å². The molecule has 1 aliphatic rings.